The number of non-ortho nitro benzene ring substituents is 1. The molecule has 1 aliphatic carbocycles. The zero-order chi connectivity index (χ0) is 19.7. The molecule has 0 radical (unpaired) electrons. The number of hydrogen-bond donors (Lipinski definition) is 1. The van der Waals surface area contributed by atoms with Crippen LogP contribution in [0.5, 0.6) is 0 Å². The summed E-state index contributed by atoms with van der Waals surface area (Å²) in [5.74, 6) is -0.271. The van der Waals surface area contributed by atoms with Crippen molar-refractivity contribution in [3.8, 4) is 0 Å². The van der Waals surface area contributed by atoms with E-state index in [0.717, 1.165) is 12.8 Å². The molecular formula is C20H18N4O4. The molecule has 0 atom stereocenters. The summed E-state index contributed by atoms with van der Waals surface area (Å²) in [7, 11) is 0. The minimum atomic E-state index is -0.541. The Morgan fingerprint density at radius 1 is 1.21 bits per heavy atom. The van der Waals surface area contributed by atoms with Crippen molar-refractivity contribution in [2.75, 3.05) is 6.54 Å². The summed E-state index contributed by atoms with van der Waals surface area (Å²) in [6.07, 6.45) is 3.29. The van der Waals surface area contributed by atoms with Gasteiger partial charge in [-0.05, 0) is 24.5 Å². The van der Waals surface area contributed by atoms with E-state index in [1.54, 1.807) is 0 Å². The monoisotopic (exact) mass is 378 g/mol. The standard InChI is InChI=1S/C20H18N4O4/c25-18(21-12-20(8-9-20)14-4-2-1-3-5-14)11-23-13-22-17-10-15(24(27)28)6-7-16(17)19(23)26/h1-7,10,13H,8-9,11-12H2,(H,21,25). The maximum atomic E-state index is 12.6. The van der Waals surface area contributed by atoms with Gasteiger partial charge in [-0.25, -0.2) is 4.98 Å². The number of benzene rings is 2. The van der Waals surface area contributed by atoms with E-state index in [4.69, 9.17) is 0 Å². The Balaban J connectivity index is 1.47. The van der Waals surface area contributed by atoms with Gasteiger partial charge in [0.2, 0.25) is 5.91 Å². The molecule has 1 saturated carbocycles. The second-order valence-electron chi connectivity index (χ2n) is 7.06. The van der Waals surface area contributed by atoms with E-state index in [-0.39, 0.29) is 34.5 Å². The zero-order valence-electron chi connectivity index (χ0n) is 15.0. The summed E-state index contributed by atoms with van der Waals surface area (Å²) in [5, 5.41) is 14.0. The molecule has 0 saturated heterocycles. The summed E-state index contributed by atoms with van der Waals surface area (Å²) in [6, 6.07) is 13.9. The van der Waals surface area contributed by atoms with Gasteiger partial charge in [0.05, 0.1) is 22.2 Å². The van der Waals surface area contributed by atoms with Crippen molar-refractivity contribution in [3.63, 3.8) is 0 Å². The third-order valence-corrected chi connectivity index (χ3v) is 5.20. The van der Waals surface area contributed by atoms with E-state index in [2.05, 4.69) is 22.4 Å². The molecule has 1 fully saturated rings. The lowest BCUT2D eigenvalue weighted by atomic mass is 9.96. The number of nitro benzene ring substituents is 1. The van der Waals surface area contributed by atoms with Crippen molar-refractivity contribution in [2.45, 2.75) is 24.8 Å². The molecule has 1 amide bonds. The van der Waals surface area contributed by atoms with Crippen LogP contribution in [0.3, 0.4) is 0 Å². The Bertz CT molecular complexity index is 1120. The van der Waals surface area contributed by atoms with Crippen molar-refractivity contribution in [1.29, 1.82) is 0 Å². The number of nitrogens with zero attached hydrogens (tertiary/aromatic N) is 3. The maximum absolute atomic E-state index is 12.6. The van der Waals surface area contributed by atoms with Gasteiger partial charge in [-0.3, -0.25) is 24.3 Å². The van der Waals surface area contributed by atoms with Crippen LogP contribution in [-0.2, 0) is 16.8 Å². The van der Waals surface area contributed by atoms with Crippen LogP contribution in [-0.4, -0.2) is 26.9 Å². The number of carbonyl (C=O) groups excluding carboxylic acids is 1. The first-order valence-electron chi connectivity index (χ1n) is 8.94. The molecule has 2 aromatic carbocycles. The van der Waals surface area contributed by atoms with Gasteiger partial charge in [-0.2, -0.15) is 0 Å². The van der Waals surface area contributed by atoms with Crippen molar-refractivity contribution in [2.24, 2.45) is 0 Å². The molecule has 1 aromatic heterocycles. The molecule has 0 unspecified atom stereocenters. The summed E-state index contributed by atoms with van der Waals surface area (Å²) >= 11 is 0. The quantitative estimate of drug-likeness (QED) is 0.522. The summed E-state index contributed by atoms with van der Waals surface area (Å²) < 4.78 is 1.21. The predicted octanol–water partition coefficient (Wildman–Crippen LogP) is 2.15. The molecule has 0 aliphatic heterocycles. The first kappa shape index (κ1) is 17.8. The Hall–Kier alpha value is -3.55. The summed E-state index contributed by atoms with van der Waals surface area (Å²) in [4.78, 5) is 39.3. The highest BCUT2D eigenvalue weighted by atomic mass is 16.6. The number of rotatable bonds is 6. The second kappa shape index (κ2) is 6.88. The SMILES string of the molecule is O=C(Cn1cnc2cc([N+](=O)[O-])ccc2c1=O)NCC1(c2ccccc2)CC1. The first-order valence-corrected chi connectivity index (χ1v) is 8.94. The van der Waals surface area contributed by atoms with Crippen LogP contribution >= 0.6 is 0 Å². The Labute approximate surface area is 160 Å². The largest absolute Gasteiger partial charge is 0.354 e. The number of carbonyl (C=O) groups is 1. The number of nitro groups is 1. The van der Waals surface area contributed by atoms with Crippen LogP contribution in [0.2, 0.25) is 0 Å². The topological polar surface area (TPSA) is 107 Å². The number of fused-ring (bicyclic) bond motifs is 1. The fraction of sp³-hybridized carbons (Fsp3) is 0.250. The molecule has 142 valence electrons. The minimum absolute atomic E-state index is 0.0115. The van der Waals surface area contributed by atoms with E-state index < -0.39 is 10.5 Å². The highest BCUT2D eigenvalue weighted by Crippen LogP contribution is 2.47. The minimum Gasteiger partial charge on any atom is -0.354 e. The highest BCUT2D eigenvalue weighted by molar-refractivity contribution is 5.80. The third kappa shape index (κ3) is 3.36. The van der Waals surface area contributed by atoms with Crippen LogP contribution in [0, 0.1) is 10.1 Å². The van der Waals surface area contributed by atoms with Crippen LogP contribution < -0.4 is 10.9 Å². The molecule has 28 heavy (non-hydrogen) atoms. The van der Waals surface area contributed by atoms with Crippen molar-refractivity contribution < 1.29 is 9.72 Å². The molecule has 8 heteroatoms. The molecule has 8 nitrogen and oxygen atoms in total. The lowest BCUT2D eigenvalue weighted by Crippen LogP contribution is -2.36. The van der Waals surface area contributed by atoms with Gasteiger partial charge >= 0.3 is 0 Å². The van der Waals surface area contributed by atoms with Crippen LogP contribution in [0.1, 0.15) is 18.4 Å². The first-order chi connectivity index (χ1) is 13.5. The average Bonchev–Trinajstić information content (AvgIpc) is 3.50. The molecule has 0 bridgehead atoms. The predicted molar refractivity (Wildman–Crippen MR) is 103 cm³/mol. The molecule has 0 spiro atoms. The van der Waals surface area contributed by atoms with Gasteiger partial charge in [-0.1, -0.05) is 30.3 Å². The molecule has 1 heterocycles. The van der Waals surface area contributed by atoms with Crippen molar-refractivity contribution >= 4 is 22.5 Å². The highest BCUT2D eigenvalue weighted by Gasteiger charge is 2.44. The third-order valence-electron chi connectivity index (χ3n) is 5.20. The van der Waals surface area contributed by atoms with Gasteiger partial charge in [-0.15, -0.1) is 0 Å². The molecule has 1 N–H and O–H groups in total. The zero-order valence-corrected chi connectivity index (χ0v) is 15.0. The van der Waals surface area contributed by atoms with Crippen LogP contribution in [0.15, 0.2) is 59.7 Å². The van der Waals surface area contributed by atoms with Gasteiger partial charge in [0.1, 0.15) is 6.54 Å². The van der Waals surface area contributed by atoms with Gasteiger partial charge in [0.25, 0.3) is 11.2 Å². The number of nitrogens with one attached hydrogen (secondary N) is 1. The van der Waals surface area contributed by atoms with E-state index in [9.17, 15) is 19.7 Å². The number of amides is 1. The summed E-state index contributed by atoms with van der Waals surface area (Å²) in [5.41, 5.74) is 0.894. The Morgan fingerprint density at radius 2 is 1.96 bits per heavy atom. The Morgan fingerprint density at radius 3 is 2.64 bits per heavy atom. The molecular weight excluding hydrogens is 360 g/mol. The fourth-order valence-electron chi connectivity index (χ4n) is 3.36. The van der Waals surface area contributed by atoms with Gasteiger partial charge in [0, 0.05) is 24.1 Å². The van der Waals surface area contributed by atoms with E-state index in [1.165, 1.54) is 34.7 Å². The lowest BCUT2D eigenvalue weighted by molar-refractivity contribution is -0.384. The molecule has 4 rings (SSSR count). The van der Waals surface area contributed by atoms with Gasteiger partial charge in [0.15, 0.2) is 0 Å². The van der Waals surface area contributed by atoms with E-state index in [1.807, 2.05) is 18.2 Å². The molecule has 1 aliphatic rings. The molecule has 3 aromatic rings. The fourth-order valence-corrected chi connectivity index (χ4v) is 3.36. The number of aromatic nitrogens is 2. The Kier molecular flexibility index (Phi) is 4.38. The normalized spacial score (nSPS) is 14.6. The van der Waals surface area contributed by atoms with Crippen LogP contribution in [0.25, 0.3) is 10.9 Å². The van der Waals surface area contributed by atoms with E-state index >= 15 is 0 Å². The summed E-state index contributed by atoms with van der Waals surface area (Å²) in [6.45, 7) is 0.376. The van der Waals surface area contributed by atoms with Gasteiger partial charge < -0.3 is 5.32 Å². The number of hydrogen-bond acceptors (Lipinski definition) is 5. The van der Waals surface area contributed by atoms with Crippen LogP contribution in [0.4, 0.5) is 5.69 Å². The van der Waals surface area contributed by atoms with Crippen molar-refractivity contribution in [1.82, 2.24) is 14.9 Å². The lowest BCUT2D eigenvalue weighted by Gasteiger charge is -2.17. The smallest absolute Gasteiger partial charge is 0.271 e. The van der Waals surface area contributed by atoms with E-state index in [0.29, 0.717) is 6.54 Å². The maximum Gasteiger partial charge on any atom is 0.271 e. The average molecular weight is 378 g/mol. The van der Waals surface area contributed by atoms with Crippen molar-refractivity contribution in [3.05, 3.63) is 80.9 Å². The second-order valence-corrected chi connectivity index (χ2v) is 7.06.